The lowest BCUT2D eigenvalue weighted by molar-refractivity contribution is 0.621. The van der Waals surface area contributed by atoms with Gasteiger partial charge in [-0.2, -0.15) is 0 Å². The molecule has 3 N–H and O–H groups in total. The fourth-order valence-corrected chi connectivity index (χ4v) is 2.69. The lowest BCUT2D eigenvalue weighted by atomic mass is 10.2. The maximum atomic E-state index is 13.5. The molecule has 3 nitrogen and oxygen atoms in total. The zero-order valence-corrected chi connectivity index (χ0v) is 12.4. The highest BCUT2D eigenvalue weighted by atomic mass is 79.9. The Kier molecular flexibility index (Phi) is 3.87. The molecule has 0 fully saturated rings. The van der Waals surface area contributed by atoms with Crippen molar-refractivity contribution in [1.82, 2.24) is 4.98 Å². The molecule has 18 heavy (non-hydrogen) atoms. The molecule has 0 saturated carbocycles. The van der Waals surface area contributed by atoms with Crippen LogP contribution in [0.4, 0.5) is 15.8 Å². The Bertz CT molecular complexity index is 570. The summed E-state index contributed by atoms with van der Waals surface area (Å²) >= 11 is 4.71. The molecule has 1 unspecified atom stereocenters. The Hall–Kier alpha value is -1.14. The van der Waals surface area contributed by atoms with Crippen molar-refractivity contribution < 1.29 is 4.39 Å². The minimum atomic E-state index is -0.339. The first kappa shape index (κ1) is 13.3. The smallest absolute Gasteiger partial charge is 0.139 e. The van der Waals surface area contributed by atoms with Crippen LogP contribution in [-0.4, -0.2) is 4.98 Å². The number of nitrogen functional groups attached to an aromatic ring is 1. The summed E-state index contributed by atoms with van der Waals surface area (Å²) in [7, 11) is 0. The van der Waals surface area contributed by atoms with E-state index in [2.05, 4.69) is 26.2 Å². The van der Waals surface area contributed by atoms with Gasteiger partial charge in [-0.25, -0.2) is 9.37 Å². The maximum absolute atomic E-state index is 13.5. The van der Waals surface area contributed by atoms with Crippen LogP contribution in [0.15, 0.2) is 22.8 Å². The van der Waals surface area contributed by atoms with Crippen molar-refractivity contribution >= 4 is 38.6 Å². The standard InChI is InChI=1S/C12H13BrFN3S/c1-6-5-16-12(18-6)7(2)17-11-4-9(14)8(13)3-10(11)15/h3-5,7,17H,15H2,1-2H3. The van der Waals surface area contributed by atoms with Crippen LogP contribution < -0.4 is 11.1 Å². The summed E-state index contributed by atoms with van der Waals surface area (Å²) < 4.78 is 13.8. The van der Waals surface area contributed by atoms with Crippen molar-refractivity contribution in [1.29, 1.82) is 0 Å². The van der Waals surface area contributed by atoms with Crippen LogP contribution in [0.3, 0.4) is 0 Å². The van der Waals surface area contributed by atoms with Gasteiger partial charge in [0.1, 0.15) is 10.8 Å². The van der Waals surface area contributed by atoms with E-state index in [9.17, 15) is 4.39 Å². The van der Waals surface area contributed by atoms with Crippen molar-refractivity contribution in [3.05, 3.63) is 38.5 Å². The van der Waals surface area contributed by atoms with Crippen LogP contribution in [0.5, 0.6) is 0 Å². The number of anilines is 2. The summed E-state index contributed by atoms with van der Waals surface area (Å²) in [6.07, 6.45) is 1.82. The van der Waals surface area contributed by atoms with Crippen LogP contribution in [0.25, 0.3) is 0 Å². The molecule has 0 spiro atoms. The number of nitrogens with zero attached hydrogens (tertiary/aromatic N) is 1. The van der Waals surface area contributed by atoms with Gasteiger partial charge < -0.3 is 11.1 Å². The Balaban J connectivity index is 2.21. The Labute approximate surface area is 117 Å². The second-order valence-electron chi connectivity index (χ2n) is 4.03. The summed E-state index contributed by atoms with van der Waals surface area (Å²) in [5, 5.41) is 4.12. The third-order valence-electron chi connectivity index (χ3n) is 2.47. The summed E-state index contributed by atoms with van der Waals surface area (Å²) in [4.78, 5) is 5.44. The summed E-state index contributed by atoms with van der Waals surface area (Å²) in [6, 6.07) is 2.93. The molecule has 0 bridgehead atoms. The zero-order chi connectivity index (χ0) is 13.3. The second-order valence-corrected chi connectivity index (χ2v) is 6.15. The summed E-state index contributed by atoms with van der Waals surface area (Å²) in [5.41, 5.74) is 6.93. The fraction of sp³-hybridized carbons (Fsp3) is 0.250. The number of hydrogen-bond donors (Lipinski definition) is 2. The van der Waals surface area contributed by atoms with E-state index < -0.39 is 0 Å². The highest BCUT2D eigenvalue weighted by Gasteiger charge is 2.12. The van der Waals surface area contributed by atoms with E-state index in [4.69, 9.17) is 5.73 Å². The van der Waals surface area contributed by atoms with E-state index in [1.165, 1.54) is 6.07 Å². The third kappa shape index (κ3) is 2.81. The lowest BCUT2D eigenvalue weighted by Crippen LogP contribution is -2.08. The maximum Gasteiger partial charge on any atom is 0.139 e. The molecule has 2 aromatic rings. The van der Waals surface area contributed by atoms with Crippen molar-refractivity contribution in [2.45, 2.75) is 19.9 Å². The zero-order valence-electron chi connectivity index (χ0n) is 10.00. The van der Waals surface area contributed by atoms with E-state index in [1.54, 1.807) is 17.4 Å². The molecular weight excluding hydrogens is 317 g/mol. The first-order valence-corrected chi connectivity index (χ1v) is 7.01. The second kappa shape index (κ2) is 5.24. The monoisotopic (exact) mass is 329 g/mol. The minimum Gasteiger partial charge on any atom is -0.397 e. The van der Waals surface area contributed by atoms with Gasteiger partial charge in [0.25, 0.3) is 0 Å². The van der Waals surface area contributed by atoms with E-state index in [1.807, 2.05) is 20.0 Å². The Morgan fingerprint density at radius 2 is 2.22 bits per heavy atom. The predicted octanol–water partition coefficient (Wildman–Crippen LogP) is 4.11. The van der Waals surface area contributed by atoms with Gasteiger partial charge >= 0.3 is 0 Å². The quantitative estimate of drug-likeness (QED) is 0.833. The normalized spacial score (nSPS) is 12.4. The molecule has 0 amide bonds. The van der Waals surface area contributed by atoms with Gasteiger partial charge in [-0.3, -0.25) is 0 Å². The van der Waals surface area contributed by atoms with Crippen molar-refractivity contribution in [2.24, 2.45) is 0 Å². The van der Waals surface area contributed by atoms with Crippen LogP contribution in [0.2, 0.25) is 0 Å². The molecule has 0 radical (unpaired) electrons. The minimum absolute atomic E-state index is 0.00780. The van der Waals surface area contributed by atoms with Crippen molar-refractivity contribution in [3.63, 3.8) is 0 Å². The van der Waals surface area contributed by atoms with E-state index in [-0.39, 0.29) is 11.9 Å². The fourth-order valence-electron chi connectivity index (χ4n) is 1.55. The van der Waals surface area contributed by atoms with Crippen LogP contribution >= 0.6 is 27.3 Å². The van der Waals surface area contributed by atoms with Crippen molar-refractivity contribution in [3.8, 4) is 0 Å². The van der Waals surface area contributed by atoms with Crippen molar-refractivity contribution in [2.75, 3.05) is 11.1 Å². The van der Waals surface area contributed by atoms with Gasteiger partial charge in [0.05, 0.1) is 21.9 Å². The number of rotatable bonds is 3. The molecule has 2 rings (SSSR count). The topological polar surface area (TPSA) is 50.9 Å². The molecule has 0 saturated heterocycles. The summed E-state index contributed by atoms with van der Waals surface area (Å²) in [6.45, 7) is 3.97. The first-order valence-electron chi connectivity index (χ1n) is 5.40. The van der Waals surface area contributed by atoms with Gasteiger partial charge in [0, 0.05) is 17.1 Å². The van der Waals surface area contributed by atoms with E-state index in [0.29, 0.717) is 15.8 Å². The number of aryl methyl sites for hydroxylation is 1. The Morgan fingerprint density at radius 1 is 1.50 bits per heavy atom. The largest absolute Gasteiger partial charge is 0.397 e. The number of halogens is 2. The predicted molar refractivity (Wildman–Crippen MR) is 77.4 cm³/mol. The first-order chi connectivity index (χ1) is 8.47. The van der Waals surface area contributed by atoms with Gasteiger partial charge in [-0.1, -0.05) is 0 Å². The van der Waals surface area contributed by atoms with Crippen LogP contribution in [-0.2, 0) is 0 Å². The molecule has 6 heteroatoms. The highest BCUT2D eigenvalue weighted by molar-refractivity contribution is 9.10. The number of nitrogens with two attached hydrogens (primary N) is 1. The van der Waals surface area contributed by atoms with Gasteiger partial charge in [-0.15, -0.1) is 11.3 Å². The molecule has 1 heterocycles. The lowest BCUT2D eigenvalue weighted by Gasteiger charge is -2.15. The molecular formula is C12H13BrFN3S. The molecule has 96 valence electrons. The number of hydrogen-bond acceptors (Lipinski definition) is 4. The number of thiazole rings is 1. The van der Waals surface area contributed by atoms with Crippen LogP contribution in [0.1, 0.15) is 22.9 Å². The molecule has 1 aromatic heterocycles. The number of nitrogens with one attached hydrogen (secondary N) is 1. The van der Waals surface area contributed by atoms with Gasteiger partial charge in [-0.05, 0) is 35.8 Å². The average molecular weight is 330 g/mol. The van der Waals surface area contributed by atoms with Gasteiger partial charge in [0.15, 0.2) is 0 Å². The molecule has 0 aliphatic rings. The average Bonchev–Trinajstić information content (AvgIpc) is 2.73. The Morgan fingerprint density at radius 3 is 2.83 bits per heavy atom. The molecule has 0 aliphatic heterocycles. The molecule has 0 aliphatic carbocycles. The third-order valence-corrected chi connectivity index (χ3v) is 4.18. The SMILES string of the molecule is Cc1cnc(C(C)Nc2cc(F)c(Br)cc2N)s1. The van der Waals surface area contributed by atoms with E-state index in [0.717, 1.165) is 9.88 Å². The summed E-state index contributed by atoms with van der Waals surface area (Å²) in [5.74, 6) is -0.339. The van der Waals surface area contributed by atoms with Crippen LogP contribution in [0, 0.1) is 12.7 Å². The van der Waals surface area contributed by atoms with E-state index >= 15 is 0 Å². The molecule has 1 aromatic carbocycles. The number of benzene rings is 1. The molecule has 1 atom stereocenters. The highest BCUT2D eigenvalue weighted by Crippen LogP contribution is 2.30. The number of aromatic nitrogens is 1. The van der Waals surface area contributed by atoms with Gasteiger partial charge in [0.2, 0.25) is 0 Å².